The Morgan fingerprint density at radius 2 is 2.05 bits per heavy atom. The van der Waals surface area contributed by atoms with E-state index in [0.717, 1.165) is 4.88 Å². The standard InChI is InChI=1S/C14H12F3N3S/c15-14(16,17)13-19-11-8-9(18)3-4-12(11)20(13)6-5-10-2-1-7-21-10/h1-4,7-8H,5-6,18H2. The lowest BCUT2D eigenvalue weighted by atomic mass is 10.2. The van der Waals surface area contributed by atoms with Gasteiger partial charge in [-0.1, -0.05) is 6.07 Å². The molecule has 0 bridgehead atoms. The highest BCUT2D eigenvalue weighted by Crippen LogP contribution is 2.32. The van der Waals surface area contributed by atoms with Gasteiger partial charge in [-0.15, -0.1) is 11.3 Å². The molecule has 21 heavy (non-hydrogen) atoms. The predicted molar refractivity (Wildman–Crippen MR) is 77.2 cm³/mol. The van der Waals surface area contributed by atoms with E-state index in [-0.39, 0.29) is 12.1 Å². The minimum Gasteiger partial charge on any atom is -0.399 e. The Bertz CT molecular complexity index is 760. The molecule has 3 aromatic rings. The van der Waals surface area contributed by atoms with Crippen LogP contribution in [-0.4, -0.2) is 9.55 Å². The summed E-state index contributed by atoms with van der Waals surface area (Å²) in [5.41, 5.74) is 6.74. The maximum atomic E-state index is 13.1. The Hall–Kier alpha value is -2.02. The average Bonchev–Trinajstić information content (AvgIpc) is 3.01. The number of fused-ring (bicyclic) bond motifs is 1. The summed E-state index contributed by atoms with van der Waals surface area (Å²) < 4.78 is 40.6. The van der Waals surface area contributed by atoms with Crippen LogP contribution in [0.5, 0.6) is 0 Å². The smallest absolute Gasteiger partial charge is 0.399 e. The van der Waals surface area contributed by atoms with E-state index in [4.69, 9.17) is 5.73 Å². The van der Waals surface area contributed by atoms with Crippen LogP contribution in [0.25, 0.3) is 11.0 Å². The third-order valence-electron chi connectivity index (χ3n) is 3.19. The third-order valence-corrected chi connectivity index (χ3v) is 4.12. The molecule has 2 heterocycles. The molecule has 2 N–H and O–H groups in total. The number of nitrogens with zero attached hydrogens (tertiary/aromatic N) is 2. The first kappa shape index (κ1) is 13.9. The largest absolute Gasteiger partial charge is 0.449 e. The molecule has 0 aliphatic carbocycles. The van der Waals surface area contributed by atoms with Gasteiger partial charge in [0.2, 0.25) is 5.82 Å². The second-order valence-electron chi connectivity index (χ2n) is 4.66. The van der Waals surface area contributed by atoms with E-state index < -0.39 is 12.0 Å². The molecule has 0 unspecified atom stereocenters. The Balaban J connectivity index is 2.05. The maximum absolute atomic E-state index is 13.1. The number of anilines is 1. The van der Waals surface area contributed by atoms with Gasteiger partial charge in [0, 0.05) is 17.1 Å². The van der Waals surface area contributed by atoms with Crippen LogP contribution in [0.15, 0.2) is 35.7 Å². The van der Waals surface area contributed by atoms with Crippen molar-refractivity contribution in [2.24, 2.45) is 0 Å². The second-order valence-corrected chi connectivity index (χ2v) is 5.69. The summed E-state index contributed by atoms with van der Waals surface area (Å²) in [4.78, 5) is 4.75. The zero-order valence-corrected chi connectivity index (χ0v) is 11.7. The van der Waals surface area contributed by atoms with E-state index in [2.05, 4.69) is 4.98 Å². The van der Waals surface area contributed by atoms with Crippen LogP contribution in [0, 0.1) is 0 Å². The number of imidazole rings is 1. The van der Waals surface area contributed by atoms with Crippen molar-refractivity contribution in [3.8, 4) is 0 Å². The number of aromatic nitrogens is 2. The maximum Gasteiger partial charge on any atom is 0.449 e. The number of benzene rings is 1. The van der Waals surface area contributed by atoms with E-state index in [0.29, 0.717) is 17.6 Å². The lowest BCUT2D eigenvalue weighted by Gasteiger charge is -2.10. The second kappa shape index (κ2) is 5.07. The average molecular weight is 311 g/mol. The van der Waals surface area contributed by atoms with E-state index >= 15 is 0 Å². The Labute approximate surface area is 122 Å². The van der Waals surface area contributed by atoms with Crippen LogP contribution in [-0.2, 0) is 19.1 Å². The number of alkyl halides is 3. The zero-order valence-electron chi connectivity index (χ0n) is 10.9. The number of nitrogen functional groups attached to an aromatic ring is 1. The molecule has 3 nitrogen and oxygen atoms in total. The normalized spacial score (nSPS) is 12.1. The van der Waals surface area contributed by atoms with Gasteiger partial charge in [-0.05, 0) is 36.1 Å². The van der Waals surface area contributed by atoms with Crippen molar-refractivity contribution >= 4 is 28.1 Å². The highest BCUT2D eigenvalue weighted by Gasteiger charge is 2.37. The molecule has 0 atom stereocenters. The van der Waals surface area contributed by atoms with Crippen LogP contribution in [0.1, 0.15) is 10.7 Å². The van der Waals surface area contributed by atoms with E-state index in [1.165, 1.54) is 22.0 Å². The molecular formula is C14H12F3N3S. The van der Waals surface area contributed by atoms with E-state index in [9.17, 15) is 13.2 Å². The first-order chi connectivity index (χ1) is 9.95. The highest BCUT2D eigenvalue weighted by atomic mass is 32.1. The van der Waals surface area contributed by atoms with Crippen molar-refractivity contribution in [2.75, 3.05) is 5.73 Å². The fourth-order valence-corrected chi connectivity index (χ4v) is 2.96. The molecule has 0 radical (unpaired) electrons. The fourth-order valence-electron chi connectivity index (χ4n) is 2.27. The number of nitrogens with two attached hydrogens (primary N) is 1. The predicted octanol–water partition coefficient (Wildman–Crippen LogP) is 3.94. The minimum atomic E-state index is -4.48. The van der Waals surface area contributed by atoms with Gasteiger partial charge in [-0.2, -0.15) is 13.2 Å². The van der Waals surface area contributed by atoms with Crippen molar-refractivity contribution in [1.29, 1.82) is 0 Å². The molecule has 0 fully saturated rings. The van der Waals surface area contributed by atoms with Gasteiger partial charge in [-0.25, -0.2) is 4.98 Å². The van der Waals surface area contributed by atoms with Crippen molar-refractivity contribution in [3.05, 3.63) is 46.4 Å². The van der Waals surface area contributed by atoms with Gasteiger partial charge in [0.25, 0.3) is 0 Å². The molecule has 0 aliphatic heterocycles. The summed E-state index contributed by atoms with van der Waals surface area (Å²) >= 11 is 1.53. The van der Waals surface area contributed by atoms with Crippen LogP contribution < -0.4 is 5.73 Å². The molecule has 2 aromatic heterocycles. The molecule has 0 saturated carbocycles. The lowest BCUT2D eigenvalue weighted by Crippen LogP contribution is -2.15. The van der Waals surface area contributed by atoms with Crippen LogP contribution >= 0.6 is 11.3 Å². The Kier molecular flexibility index (Phi) is 3.36. The number of halogens is 3. The van der Waals surface area contributed by atoms with Gasteiger partial charge in [-0.3, -0.25) is 0 Å². The van der Waals surface area contributed by atoms with Gasteiger partial charge in [0.15, 0.2) is 0 Å². The first-order valence-electron chi connectivity index (χ1n) is 6.30. The molecule has 0 saturated heterocycles. The zero-order chi connectivity index (χ0) is 15.0. The molecule has 3 rings (SSSR count). The number of hydrogen-bond donors (Lipinski definition) is 1. The van der Waals surface area contributed by atoms with Crippen molar-refractivity contribution in [2.45, 2.75) is 19.1 Å². The lowest BCUT2D eigenvalue weighted by molar-refractivity contribution is -0.146. The summed E-state index contributed by atoms with van der Waals surface area (Å²) in [6, 6.07) is 8.44. The van der Waals surface area contributed by atoms with E-state index in [1.807, 2.05) is 17.5 Å². The number of aryl methyl sites for hydroxylation is 2. The summed E-state index contributed by atoms with van der Waals surface area (Å²) in [5, 5.41) is 1.91. The molecule has 0 aliphatic rings. The van der Waals surface area contributed by atoms with Gasteiger partial charge < -0.3 is 10.3 Å². The summed E-state index contributed by atoms with van der Waals surface area (Å²) in [6.45, 7) is 0.232. The first-order valence-corrected chi connectivity index (χ1v) is 7.18. The highest BCUT2D eigenvalue weighted by molar-refractivity contribution is 7.09. The van der Waals surface area contributed by atoms with Gasteiger partial charge >= 0.3 is 6.18 Å². The topological polar surface area (TPSA) is 43.8 Å². The fraction of sp³-hybridized carbons (Fsp3) is 0.214. The monoisotopic (exact) mass is 311 g/mol. The third kappa shape index (κ3) is 2.73. The molecule has 1 aromatic carbocycles. The van der Waals surface area contributed by atoms with Crippen LogP contribution in [0.2, 0.25) is 0 Å². The van der Waals surface area contributed by atoms with Crippen molar-refractivity contribution in [1.82, 2.24) is 9.55 Å². The Morgan fingerprint density at radius 1 is 1.24 bits per heavy atom. The van der Waals surface area contributed by atoms with Crippen molar-refractivity contribution in [3.63, 3.8) is 0 Å². The van der Waals surface area contributed by atoms with E-state index in [1.54, 1.807) is 12.1 Å². The van der Waals surface area contributed by atoms with Crippen molar-refractivity contribution < 1.29 is 13.2 Å². The minimum absolute atomic E-state index is 0.232. The Morgan fingerprint density at radius 3 is 2.71 bits per heavy atom. The number of rotatable bonds is 3. The number of hydrogen-bond acceptors (Lipinski definition) is 3. The quantitative estimate of drug-likeness (QED) is 0.745. The van der Waals surface area contributed by atoms with Crippen LogP contribution in [0.4, 0.5) is 18.9 Å². The molecular weight excluding hydrogens is 299 g/mol. The summed E-state index contributed by atoms with van der Waals surface area (Å²) in [7, 11) is 0. The number of thiophene rings is 1. The summed E-state index contributed by atoms with van der Waals surface area (Å²) in [5.74, 6) is -0.875. The molecule has 0 amide bonds. The van der Waals surface area contributed by atoms with Gasteiger partial charge in [0.05, 0.1) is 11.0 Å². The SMILES string of the molecule is Nc1ccc2c(c1)nc(C(F)(F)F)n2CCc1cccs1. The molecule has 110 valence electrons. The van der Waals surface area contributed by atoms with Gasteiger partial charge in [0.1, 0.15) is 0 Å². The van der Waals surface area contributed by atoms with Crippen LogP contribution in [0.3, 0.4) is 0 Å². The summed E-state index contributed by atoms with van der Waals surface area (Å²) in [6.07, 6.45) is -3.94. The molecule has 0 spiro atoms. The molecule has 7 heteroatoms.